The minimum Gasteiger partial charge on any atom is -0.454 e. The Labute approximate surface area is 160 Å². The standard InChI is InChI=1S/C19H19N3O4S/c23-17(20-8-11-4-5-15-16(6-11)26-10-25-15)7-12-9-27-19-21-14-3-1-2-13(14)18(24)22(12)19/h4-6,12H,1-3,7-10H2,(H,20,23)/t12-/m0/s1. The molecule has 0 saturated heterocycles. The number of benzene rings is 1. The number of aromatic nitrogens is 2. The fraction of sp³-hybridized carbons (Fsp3) is 0.421. The van der Waals surface area contributed by atoms with E-state index in [1.54, 1.807) is 16.3 Å². The van der Waals surface area contributed by atoms with E-state index in [-0.39, 0.29) is 30.7 Å². The Bertz CT molecular complexity index is 988. The molecule has 27 heavy (non-hydrogen) atoms. The maximum Gasteiger partial charge on any atom is 0.257 e. The minimum absolute atomic E-state index is 0.0473. The number of carbonyl (C=O) groups is 1. The van der Waals surface area contributed by atoms with Gasteiger partial charge < -0.3 is 14.8 Å². The van der Waals surface area contributed by atoms with E-state index < -0.39 is 0 Å². The van der Waals surface area contributed by atoms with Gasteiger partial charge in [-0.05, 0) is 37.0 Å². The Hall–Kier alpha value is -2.48. The number of rotatable bonds is 4. The topological polar surface area (TPSA) is 82.5 Å². The van der Waals surface area contributed by atoms with Gasteiger partial charge in [-0.15, -0.1) is 0 Å². The second-order valence-corrected chi connectivity index (χ2v) is 7.97. The molecule has 140 valence electrons. The van der Waals surface area contributed by atoms with Crippen LogP contribution in [0.5, 0.6) is 11.5 Å². The number of hydrogen-bond donors (Lipinski definition) is 1. The van der Waals surface area contributed by atoms with Gasteiger partial charge >= 0.3 is 0 Å². The summed E-state index contributed by atoms with van der Waals surface area (Å²) in [6.45, 7) is 0.649. The predicted molar refractivity (Wildman–Crippen MR) is 99.3 cm³/mol. The molecule has 3 aliphatic rings. The van der Waals surface area contributed by atoms with E-state index in [9.17, 15) is 9.59 Å². The molecular weight excluding hydrogens is 366 g/mol. The molecular formula is C19H19N3O4S. The summed E-state index contributed by atoms with van der Waals surface area (Å²) >= 11 is 1.57. The number of thioether (sulfide) groups is 1. The van der Waals surface area contributed by atoms with Crippen molar-refractivity contribution in [3.63, 3.8) is 0 Å². The Balaban J connectivity index is 1.26. The molecule has 0 saturated carbocycles. The molecule has 5 rings (SSSR count). The van der Waals surface area contributed by atoms with E-state index >= 15 is 0 Å². The summed E-state index contributed by atoms with van der Waals surface area (Å²) < 4.78 is 12.4. The average Bonchev–Trinajstić information content (AvgIpc) is 3.39. The second-order valence-electron chi connectivity index (χ2n) is 6.98. The molecule has 0 radical (unpaired) electrons. The van der Waals surface area contributed by atoms with E-state index in [0.29, 0.717) is 18.0 Å². The Morgan fingerprint density at radius 2 is 2.19 bits per heavy atom. The monoisotopic (exact) mass is 385 g/mol. The van der Waals surface area contributed by atoms with Crippen molar-refractivity contribution in [2.24, 2.45) is 0 Å². The van der Waals surface area contributed by atoms with Crippen molar-refractivity contribution in [3.8, 4) is 11.5 Å². The molecule has 2 aliphatic heterocycles. The maximum atomic E-state index is 12.8. The zero-order chi connectivity index (χ0) is 18.4. The van der Waals surface area contributed by atoms with Crippen molar-refractivity contribution in [1.82, 2.24) is 14.9 Å². The highest BCUT2D eigenvalue weighted by Crippen LogP contribution is 2.34. The van der Waals surface area contributed by atoms with Crippen LogP contribution in [-0.2, 0) is 24.2 Å². The maximum absolute atomic E-state index is 12.8. The molecule has 1 N–H and O–H groups in total. The lowest BCUT2D eigenvalue weighted by Crippen LogP contribution is -2.32. The molecule has 0 fully saturated rings. The number of amides is 1. The summed E-state index contributed by atoms with van der Waals surface area (Å²) in [5, 5.41) is 3.70. The molecule has 1 amide bonds. The van der Waals surface area contributed by atoms with Crippen LogP contribution < -0.4 is 20.3 Å². The summed E-state index contributed by atoms with van der Waals surface area (Å²) in [4.78, 5) is 29.9. The highest BCUT2D eigenvalue weighted by atomic mass is 32.2. The number of nitrogens with zero attached hydrogens (tertiary/aromatic N) is 2. The van der Waals surface area contributed by atoms with E-state index in [1.807, 2.05) is 18.2 Å². The van der Waals surface area contributed by atoms with Gasteiger partial charge in [0.2, 0.25) is 12.7 Å². The molecule has 1 aromatic carbocycles. The van der Waals surface area contributed by atoms with Gasteiger partial charge in [-0.25, -0.2) is 4.98 Å². The van der Waals surface area contributed by atoms with Crippen molar-refractivity contribution in [3.05, 3.63) is 45.4 Å². The molecule has 1 atom stereocenters. The Morgan fingerprint density at radius 3 is 3.11 bits per heavy atom. The van der Waals surface area contributed by atoms with Crippen molar-refractivity contribution < 1.29 is 14.3 Å². The van der Waals surface area contributed by atoms with Crippen molar-refractivity contribution in [2.75, 3.05) is 12.5 Å². The van der Waals surface area contributed by atoms with Crippen LogP contribution in [0, 0.1) is 0 Å². The van der Waals surface area contributed by atoms with E-state index in [2.05, 4.69) is 10.3 Å². The minimum atomic E-state index is -0.132. The van der Waals surface area contributed by atoms with Gasteiger partial charge in [0.15, 0.2) is 16.7 Å². The summed E-state index contributed by atoms with van der Waals surface area (Å²) in [5.41, 5.74) is 2.79. The summed E-state index contributed by atoms with van der Waals surface area (Å²) in [6, 6.07) is 5.50. The van der Waals surface area contributed by atoms with Crippen LogP contribution in [-0.4, -0.2) is 28.0 Å². The van der Waals surface area contributed by atoms with Crippen LogP contribution in [0.15, 0.2) is 28.2 Å². The molecule has 0 unspecified atom stereocenters. The first-order valence-corrected chi connectivity index (χ1v) is 10.1. The fourth-order valence-corrected chi connectivity index (χ4v) is 4.99. The molecule has 1 aromatic heterocycles. The van der Waals surface area contributed by atoms with E-state index in [4.69, 9.17) is 9.47 Å². The predicted octanol–water partition coefficient (Wildman–Crippen LogP) is 1.81. The zero-order valence-electron chi connectivity index (χ0n) is 14.7. The quantitative estimate of drug-likeness (QED) is 0.809. The first kappa shape index (κ1) is 16.7. The van der Waals surface area contributed by atoms with Crippen molar-refractivity contribution in [1.29, 1.82) is 0 Å². The van der Waals surface area contributed by atoms with E-state index in [0.717, 1.165) is 47.0 Å². The molecule has 0 bridgehead atoms. The van der Waals surface area contributed by atoms with Crippen LogP contribution in [0.3, 0.4) is 0 Å². The molecule has 3 heterocycles. The molecule has 1 aliphatic carbocycles. The molecule has 8 heteroatoms. The van der Waals surface area contributed by atoms with Gasteiger partial charge in [0.1, 0.15) is 0 Å². The third kappa shape index (κ3) is 2.97. The number of nitrogens with one attached hydrogen (secondary N) is 1. The number of ether oxygens (including phenoxy) is 2. The van der Waals surface area contributed by atoms with Crippen molar-refractivity contribution >= 4 is 17.7 Å². The van der Waals surface area contributed by atoms with Gasteiger partial charge in [0.05, 0.1) is 11.7 Å². The molecule has 0 spiro atoms. The van der Waals surface area contributed by atoms with Crippen LogP contribution >= 0.6 is 11.8 Å². The third-order valence-electron chi connectivity index (χ3n) is 5.22. The highest BCUT2D eigenvalue weighted by Gasteiger charge is 2.31. The normalized spacial score (nSPS) is 19.0. The Kier molecular flexibility index (Phi) is 4.07. The van der Waals surface area contributed by atoms with Gasteiger partial charge in [0, 0.05) is 24.3 Å². The van der Waals surface area contributed by atoms with Gasteiger partial charge in [0.25, 0.3) is 5.56 Å². The van der Waals surface area contributed by atoms with Crippen LogP contribution in [0.1, 0.15) is 35.7 Å². The first-order chi connectivity index (χ1) is 13.2. The lowest BCUT2D eigenvalue weighted by molar-refractivity contribution is -0.121. The van der Waals surface area contributed by atoms with E-state index in [1.165, 1.54) is 0 Å². The summed E-state index contributed by atoms with van der Waals surface area (Å²) in [5.74, 6) is 2.07. The molecule has 7 nitrogen and oxygen atoms in total. The van der Waals surface area contributed by atoms with Crippen LogP contribution in [0.25, 0.3) is 0 Å². The molecule has 2 aromatic rings. The largest absolute Gasteiger partial charge is 0.454 e. The summed E-state index contributed by atoms with van der Waals surface area (Å²) in [6.07, 6.45) is 2.96. The third-order valence-corrected chi connectivity index (χ3v) is 6.32. The number of carbonyl (C=O) groups excluding carboxylic acids is 1. The average molecular weight is 385 g/mol. The first-order valence-electron chi connectivity index (χ1n) is 9.11. The smallest absolute Gasteiger partial charge is 0.257 e. The van der Waals surface area contributed by atoms with Crippen LogP contribution in [0.4, 0.5) is 0 Å². The summed E-state index contributed by atoms with van der Waals surface area (Å²) in [7, 11) is 0. The second kappa shape index (κ2) is 6.60. The lowest BCUT2D eigenvalue weighted by Gasteiger charge is -2.14. The highest BCUT2D eigenvalue weighted by molar-refractivity contribution is 7.99. The van der Waals surface area contributed by atoms with Crippen LogP contribution in [0.2, 0.25) is 0 Å². The van der Waals surface area contributed by atoms with Crippen molar-refractivity contribution in [2.45, 2.75) is 43.4 Å². The SMILES string of the molecule is O=C(C[C@H]1CSc2nc3c(c(=O)n21)CCC3)NCc1ccc2c(c1)OCO2. The Morgan fingerprint density at radius 1 is 1.30 bits per heavy atom. The number of hydrogen-bond acceptors (Lipinski definition) is 6. The number of aryl methyl sites for hydroxylation is 1. The fourth-order valence-electron chi connectivity index (χ4n) is 3.84. The van der Waals surface area contributed by atoms with Gasteiger partial charge in [-0.3, -0.25) is 14.2 Å². The number of fused-ring (bicyclic) bond motifs is 3. The van der Waals surface area contributed by atoms with Gasteiger partial charge in [-0.1, -0.05) is 17.8 Å². The van der Waals surface area contributed by atoms with Gasteiger partial charge in [-0.2, -0.15) is 0 Å². The zero-order valence-corrected chi connectivity index (χ0v) is 15.5. The lowest BCUT2D eigenvalue weighted by atomic mass is 10.1.